The Kier molecular flexibility index (Phi) is 5.61. The van der Waals surface area contributed by atoms with Crippen molar-refractivity contribution >= 4 is 43.2 Å². The predicted molar refractivity (Wildman–Crippen MR) is 136 cm³/mol. The highest BCUT2D eigenvalue weighted by atomic mass is 79.9. The average Bonchev–Trinajstić information content (AvgIpc) is 3.39. The maximum atomic E-state index is 4.98. The van der Waals surface area contributed by atoms with Gasteiger partial charge < -0.3 is 0 Å². The molecule has 0 aliphatic carbocycles. The summed E-state index contributed by atoms with van der Waals surface area (Å²) in [7, 11) is 0. The van der Waals surface area contributed by atoms with Crippen molar-refractivity contribution in [2.24, 2.45) is 0 Å². The molecule has 0 bridgehead atoms. The number of nitrogens with zero attached hydrogens (tertiary/aromatic N) is 3. The van der Waals surface area contributed by atoms with Gasteiger partial charge in [0, 0.05) is 30.5 Å². The summed E-state index contributed by atoms with van der Waals surface area (Å²) in [4.78, 5) is 6.15. The van der Waals surface area contributed by atoms with E-state index in [0.717, 1.165) is 47.8 Å². The first-order valence-corrected chi connectivity index (χ1v) is 12.1. The second kappa shape index (κ2) is 8.54. The Bertz CT molecular complexity index is 1340. The van der Waals surface area contributed by atoms with Crippen molar-refractivity contribution in [2.75, 3.05) is 0 Å². The molecule has 5 aromatic rings. The van der Waals surface area contributed by atoms with Gasteiger partial charge in [-0.05, 0) is 37.3 Å². The molecule has 0 saturated heterocycles. The summed E-state index contributed by atoms with van der Waals surface area (Å²) < 4.78 is 4.06. The highest BCUT2D eigenvalue weighted by Gasteiger charge is 2.18. The molecule has 31 heavy (non-hydrogen) atoms. The highest BCUT2D eigenvalue weighted by molar-refractivity contribution is 9.10. The Morgan fingerprint density at radius 2 is 1.35 bits per heavy atom. The second-order valence-corrected chi connectivity index (χ2v) is 10.1. The van der Waals surface area contributed by atoms with Crippen molar-refractivity contribution in [3.05, 3.63) is 98.8 Å². The molecule has 0 aliphatic heterocycles. The maximum absolute atomic E-state index is 4.98. The molecule has 0 amide bonds. The minimum Gasteiger partial charge on any atom is -0.218 e. The van der Waals surface area contributed by atoms with Gasteiger partial charge in [0.05, 0.1) is 17.1 Å². The normalized spacial score (nSPS) is 11.1. The molecule has 0 spiro atoms. The zero-order valence-corrected chi connectivity index (χ0v) is 20.6. The molecule has 0 atom stereocenters. The molecule has 3 nitrogen and oxygen atoms in total. The van der Waals surface area contributed by atoms with E-state index in [-0.39, 0.29) is 0 Å². The fourth-order valence-corrected chi connectivity index (χ4v) is 4.88. The minimum absolute atomic E-state index is 0.859. The summed E-state index contributed by atoms with van der Waals surface area (Å²) in [6.45, 7) is 2.11. The van der Waals surface area contributed by atoms with E-state index < -0.39 is 0 Å². The van der Waals surface area contributed by atoms with E-state index in [0.29, 0.717) is 0 Å². The van der Waals surface area contributed by atoms with E-state index in [4.69, 9.17) is 10.1 Å². The van der Waals surface area contributed by atoms with Crippen LogP contribution in [0.1, 0.15) is 4.88 Å². The molecule has 152 valence electrons. The van der Waals surface area contributed by atoms with Crippen molar-refractivity contribution in [1.82, 2.24) is 14.8 Å². The maximum Gasteiger partial charge on any atom is 0.211 e. The largest absolute Gasteiger partial charge is 0.218 e. The summed E-state index contributed by atoms with van der Waals surface area (Å²) in [5, 5.41) is 5.82. The number of halogens is 2. The van der Waals surface area contributed by atoms with Crippen LogP contribution in [0, 0.1) is 6.92 Å². The molecule has 0 N–H and O–H groups in total. The van der Waals surface area contributed by atoms with E-state index in [2.05, 4.69) is 93.4 Å². The van der Waals surface area contributed by atoms with Gasteiger partial charge in [0.15, 0.2) is 0 Å². The van der Waals surface area contributed by atoms with Crippen LogP contribution in [0.25, 0.3) is 38.9 Å². The molecule has 0 radical (unpaired) electrons. The molecule has 6 heteroatoms. The summed E-state index contributed by atoms with van der Waals surface area (Å²) >= 11 is 8.70. The van der Waals surface area contributed by atoms with Crippen LogP contribution in [-0.4, -0.2) is 14.8 Å². The lowest BCUT2D eigenvalue weighted by Crippen LogP contribution is -1.99. The Balaban J connectivity index is 1.67. The molecule has 5 rings (SSSR count). The van der Waals surface area contributed by atoms with E-state index in [9.17, 15) is 0 Å². The first-order valence-electron chi connectivity index (χ1n) is 9.74. The lowest BCUT2D eigenvalue weighted by molar-refractivity contribution is 0.881. The first-order chi connectivity index (χ1) is 15.1. The lowest BCUT2D eigenvalue weighted by atomic mass is 10.1. The third-order valence-electron chi connectivity index (χ3n) is 5.00. The summed E-state index contributed by atoms with van der Waals surface area (Å²) in [5.41, 5.74) is 6.21. The predicted octanol–water partition coefficient (Wildman–Crippen LogP) is 8.16. The highest BCUT2D eigenvalue weighted by Crippen LogP contribution is 2.34. The Morgan fingerprint density at radius 3 is 2.00 bits per heavy atom. The number of hydrogen-bond acceptors (Lipinski definition) is 3. The third-order valence-corrected chi connectivity index (χ3v) is 7.01. The van der Waals surface area contributed by atoms with E-state index in [1.54, 1.807) is 11.3 Å². The minimum atomic E-state index is 0.859. The number of aryl methyl sites for hydroxylation is 1. The van der Waals surface area contributed by atoms with Gasteiger partial charge in [-0.15, -0.1) is 0 Å². The second-order valence-electron chi connectivity index (χ2n) is 7.11. The van der Waals surface area contributed by atoms with Crippen molar-refractivity contribution in [3.8, 4) is 38.9 Å². The molecule has 0 fully saturated rings. The van der Waals surface area contributed by atoms with Gasteiger partial charge in [-0.25, -0.2) is 9.67 Å². The molecular formula is C25H17Br2N3S. The van der Waals surface area contributed by atoms with Crippen LogP contribution in [0.2, 0.25) is 0 Å². The van der Waals surface area contributed by atoms with Gasteiger partial charge in [-0.3, -0.25) is 0 Å². The van der Waals surface area contributed by atoms with Crippen LogP contribution in [-0.2, 0) is 0 Å². The average molecular weight is 551 g/mol. The van der Waals surface area contributed by atoms with Gasteiger partial charge in [-0.1, -0.05) is 97.8 Å². The Hall–Kier alpha value is -2.54. The van der Waals surface area contributed by atoms with Gasteiger partial charge >= 0.3 is 0 Å². The van der Waals surface area contributed by atoms with E-state index >= 15 is 0 Å². The van der Waals surface area contributed by atoms with Crippen molar-refractivity contribution in [1.29, 1.82) is 0 Å². The summed E-state index contributed by atoms with van der Waals surface area (Å²) in [5.74, 6) is 0. The number of benzene rings is 3. The molecule has 2 aromatic heterocycles. The zero-order chi connectivity index (χ0) is 21.4. The van der Waals surface area contributed by atoms with Gasteiger partial charge in [0.1, 0.15) is 0 Å². The number of hydrogen-bond donors (Lipinski definition) is 0. The van der Waals surface area contributed by atoms with Gasteiger partial charge in [-0.2, -0.15) is 5.10 Å². The van der Waals surface area contributed by atoms with E-state index in [1.165, 1.54) is 4.88 Å². The molecule has 0 aliphatic rings. The quantitative estimate of drug-likeness (QED) is 0.226. The van der Waals surface area contributed by atoms with Crippen LogP contribution >= 0.6 is 43.2 Å². The van der Waals surface area contributed by atoms with Crippen LogP contribution in [0.15, 0.2) is 93.9 Å². The zero-order valence-electron chi connectivity index (χ0n) is 16.6. The van der Waals surface area contributed by atoms with Crippen LogP contribution < -0.4 is 0 Å². The van der Waals surface area contributed by atoms with Crippen molar-refractivity contribution < 1.29 is 0 Å². The molecule has 0 unspecified atom stereocenters. The Morgan fingerprint density at radius 1 is 0.742 bits per heavy atom. The molecule has 3 aromatic carbocycles. The number of thiazole rings is 1. The first kappa shape index (κ1) is 20.4. The molecule has 2 heterocycles. The van der Waals surface area contributed by atoms with Crippen molar-refractivity contribution in [3.63, 3.8) is 0 Å². The topological polar surface area (TPSA) is 30.7 Å². The summed E-state index contributed by atoms with van der Waals surface area (Å²) in [6.07, 6.45) is 0. The smallest absolute Gasteiger partial charge is 0.211 e. The third kappa shape index (κ3) is 4.15. The molecular weight excluding hydrogens is 534 g/mol. The fourth-order valence-electron chi connectivity index (χ4n) is 3.45. The lowest BCUT2D eigenvalue weighted by Gasteiger charge is -2.04. The SMILES string of the molecule is Cc1sc(-n2nc(-c3ccc(Br)cc3)cc2-c2ccc(Br)cc2)nc1-c1ccccc1. The van der Waals surface area contributed by atoms with Crippen LogP contribution in [0.5, 0.6) is 0 Å². The van der Waals surface area contributed by atoms with Crippen LogP contribution in [0.4, 0.5) is 0 Å². The standard InChI is InChI=1S/C25H17Br2N3S/c1-16-24(19-5-3-2-4-6-19)28-25(31-16)30-23(18-9-13-21(27)14-10-18)15-22(29-30)17-7-11-20(26)12-8-17/h2-15H,1H3. The van der Waals surface area contributed by atoms with Gasteiger partial charge in [0.25, 0.3) is 0 Å². The number of rotatable bonds is 4. The number of aromatic nitrogens is 3. The monoisotopic (exact) mass is 549 g/mol. The summed E-state index contributed by atoms with van der Waals surface area (Å²) in [6, 6.07) is 28.9. The van der Waals surface area contributed by atoms with E-state index in [1.807, 2.05) is 35.0 Å². The van der Waals surface area contributed by atoms with Crippen molar-refractivity contribution in [2.45, 2.75) is 6.92 Å². The van der Waals surface area contributed by atoms with Crippen LogP contribution in [0.3, 0.4) is 0 Å². The molecule has 0 saturated carbocycles. The Labute approximate surface area is 201 Å². The fraction of sp³-hybridized carbons (Fsp3) is 0.0400. The van der Waals surface area contributed by atoms with Gasteiger partial charge in [0.2, 0.25) is 5.13 Å².